The van der Waals surface area contributed by atoms with Crippen LogP contribution in [0.2, 0.25) is 0 Å². The van der Waals surface area contributed by atoms with Gasteiger partial charge >= 0.3 is 18.0 Å². The predicted molar refractivity (Wildman–Crippen MR) is 78.6 cm³/mol. The van der Waals surface area contributed by atoms with Crippen molar-refractivity contribution in [2.75, 3.05) is 37.7 Å². The highest BCUT2D eigenvalue weighted by Crippen LogP contribution is 2.07. The number of urea groups is 1. The van der Waals surface area contributed by atoms with Crippen LogP contribution < -0.4 is 10.6 Å². The fraction of sp³-hybridized carbons (Fsp3) is 0.750. The van der Waals surface area contributed by atoms with Gasteiger partial charge in [-0.1, -0.05) is 0 Å². The zero-order valence-corrected chi connectivity index (χ0v) is 12.5. The Bertz CT molecular complexity index is 374. The number of aliphatic carboxylic acids is 2. The standard InChI is InChI=1S/C12H21N3O5S/c16-10(17)2-1-9(11(18)19)14-12(20)13-3-4-15-5-7-21-8-6-15/h9H,1-8H2,(H,16,17)(H,18,19)(H2,13,14,20)/t9-/m0/s1. The SMILES string of the molecule is O=C(O)CC[C@H](NC(=O)NCCN1CCSCC1)C(=O)O. The lowest BCUT2D eigenvalue weighted by Crippen LogP contribution is -2.48. The third kappa shape index (κ3) is 7.76. The van der Waals surface area contributed by atoms with E-state index in [1.54, 1.807) is 0 Å². The second kappa shape index (κ2) is 9.46. The minimum Gasteiger partial charge on any atom is -0.481 e. The zero-order chi connectivity index (χ0) is 15.7. The van der Waals surface area contributed by atoms with E-state index >= 15 is 0 Å². The van der Waals surface area contributed by atoms with E-state index in [4.69, 9.17) is 10.2 Å². The van der Waals surface area contributed by atoms with Gasteiger partial charge in [0, 0.05) is 44.1 Å². The average molecular weight is 319 g/mol. The molecule has 0 bridgehead atoms. The van der Waals surface area contributed by atoms with E-state index in [1.807, 2.05) is 11.8 Å². The van der Waals surface area contributed by atoms with Gasteiger partial charge in [-0.2, -0.15) is 11.8 Å². The first-order chi connectivity index (χ1) is 9.99. The Morgan fingerprint density at radius 2 is 1.86 bits per heavy atom. The van der Waals surface area contributed by atoms with Gasteiger partial charge in [-0.3, -0.25) is 9.69 Å². The van der Waals surface area contributed by atoms with Gasteiger partial charge in [-0.05, 0) is 6.42 Å². The van der Waals surface area contributed by atoms with Crippen LogP contribution in [0.4, 0.5) is 4.79 Å². The summed E-state index contributed by atoms with van der Waals surface area (Å²) in [6.07, 6.45) is -0.440. The monoisotopic (exact) mass is 319 g/mol. The second-order valence-corrected chi connectivity index (χ2v) is 5.90. The molecule has 0 unspecified atom stereocenters. The molecule has 0 aromatic rings. The Morgan fingerprint density at radius 3 is 2.43 bits per heavy atom. The molecule has 0 aromatic heterocycles. The Balaban J connectivity index is 2.22. The number of hydrogen-bond acceptors (Lipinski definition) is 5. The molecule has 21 heavy (non-hydrogen) atoms. The molecule has 0 aliphatic carbocycles. The van der Waals surface area contributed by atoms with E-state index in [-0.39, 0.29) is 12.8 Å². The maximum Gasteiger partial charge on any atom is 0.326 e. The summed E-state index contributed by atoms with van der Waals surface area (Å²) in [5.41, 5.74) is 0. The first-order valence-electron chi connectivity index (χ1n) is 6.78. The molecule has 8 nitrogen and oxygen atoms in total. The topological polar surface area (TPSA) is 119 Å². The lowest BCUT2D eigenvalue weighted by molar-refractivity contribution is -0.140. The van der Waals surface area contributed by atoms with Crippen LogP contribution >= 0.6 is 11.8 Å². The Morgan fingerprint density at radius 1 is 1.19 bits per heavy atom. The number of carboxylic acid groups (broad SMARTS) is 2. The van der Waals surface area contributed by atoms with E-state index in [0.717, 1.165) is 31.1 Å². The molecular weight excluding hydrogens is 298 g/mol. The number of carbonyl (C=O) groups is 3. The van der Waals surface area contributed by atoms with E-state index < -0.39 is 24.0 Å². The number of carboxylic acids is 2. The number of amides is 2. The summed E-state index contributed by atoms with van der Waals surface area (Å²) in [6, 6.07) is -1.77. The highest BCUT2D eigenvalue weighted by molar-refractivity contribution is 7.99. The summed E-state index contributed by atoms with van der Waals surface area (Å²) in [5.74, 6) is -0.156. The second-order valence-electron chi connectivity index (χ2n) is 4.68. The molecule has 1 aliphatic rings. The van der Waals surface area contributed by atoms with Gasteiger partial charge < -0.3 is 20.8 Å². The average Bonchev–Trinajstić information content (AvgIpc) is 2.44. The van der Waals surface area contributed by atoms with Gasteiger partial charge in [0.2, 0.25) is 0 Å². The quantitative estimate of drug-likeness (QED) is 0.483. The molecule has 1 saturated heterocycles. The number of rotatable bonds is 8. The Kier molecular flexibility index (Phi) is 7.91. The highest BCUT2D eigenvalue weighted by Gasteiger charge is 2.20. The van der Waals surface area contributed by atoms with Gasteiger partial charge in [0.15, 0.2) is 0 Å². The lowest BCUT2D eigenvalue weighted by Gasteiger charge is -2.26. The number of thioether (sulfide) groups is 1. The number of nitrogens with zero attached hydrogens (tertiary/aromatic N) is 1. The van der Waals surface area contributed by atoms with Crippen molar-refractivity contribution in [3.8, 4) is 0 Å². The molecule has 1 aliphatic heterocycles. The van der Waals surface area contributed by atoms with E-state index in [1.165, 1.54) is 0 Å². The van der Waals surface area contributed by atoms with Gasteiger partial charge in [-0.15, -0.1) is 0 Å². The highest BCUT2D eigenvalue weighted by atomic mass is 32.2. The number of nitrogens with one attached hydrogen (secondary N) is 2. The molecule has 1 rings (SSSR count). The fourth-order valence-corrected chi connectivity index (χ4v) is 2.87. The van der Waals surface area contributed by atoms with Crippen molar-refractivity contribution < 1.29 is 24.6 Å². The smallest absolute Gasteiger partial charge is 0.326 e. The van der Waals surface area contributed by atoms with Crippen LogP contribution in [-0.4, -0.2) is 76.8 Å². The zero-order valence-electron chi connectivity index (χ0n) is 11.7. The molecule has 0 saturated carbocycles. The van der Waals surface area contributed by atoms with Crippen molar-refractivity contribution in [1.82, 2.24) is 15.5 Å². The molecule has 1 fully saturated rings. The summed E-state index contributed by atoms with van der Waals surface area (Å²) in [5, 5.41) is 22.3. The summed E-state index contributed by atoms with van der Waals surface area (Å²) in [4.78, 5) is 35.2. The van der Waals surface area contributed by atoms with Crippen molar-refractivity contribution in [2.45, 2.75) is 18.9 Å². The summed E-state index contributed by atoms with van der Waals surface area (Å²) < 4.78 is 0. The lowest BCUT2D eigenvalue weighted by atomic mass is 10.1. The van der Waals surface area contributed by atoms with Crippen LogP contribution in [0.15, 0.2) is 0 Å². The third-order valence-electron chi connectivity index (χ3n) is 3.07. The minimum atomic E-state index is -1.24. The molecule has 1 heterocycles. The van der Waals surface area contributed by atoms with Crippen LogP contribution in [0.1, 0.15) is 12.8 Å². The van der Waals surface area contributed by atoms with Crippen molar-refractivity contribution in [1.29, 1.82) is 0 Å². The van der Waals surface area contributed by atoms with E-state index in [9.17, 15) is 14.4 Å². The Labute approximate surface area is 127 Å². The fourth-order valence-electron chi connectivity index (χ4n) is 1.89. The summed E-state index contributed by atoms with van der Waals surface area (Å²) in [7, 11) is 0. The Hall–Kier alpha value is -1.48. The van der Waals surface area contributed by atoms with E-state index in [0.29, 0.717) is 6.54 Å². The van der Waals surface area contributed by atoms with Gasteiger partial charge in [0.1, 0.15) is 6.04 Å². The largest absolute Gasteiger partial charge is 0.481 e. The van der Waals surface area contributed by atoms with Crippen LogP contribution in [0.3, 0.4) is 0 Å². The van der Waals surface area contributed by atoms with Crippen LogP contribution in [-0.2, 0) is 9.59 Å². The van der Waals surface area contributed by atoms with Crippen LogP contribution in [0.25, 0.3) is 0 Å². The molecule has 9 heteroatoms. The van der Waals surface area contributed by atoms with Gasteiger partial charge in [0.25, 0.3) is 0 Å². The molecule has 0 spiro atoms. The number of carbonyl (C=O) groups excluding carboxylic acids is 1. The minimum absolute atomic E-state index is 0.137. The van der Waals surface area contributed by atoms with Gasteiger partial charge in [-0.25, -0.2) is 9.59 Å². The molecule has 2 amide bonds. The maximum atomic E-state index is 11.6. The molecular formula is C12H21N3O5S. The normalized spacial score (nSPS) is 17.0. The van der Waals surface area contributed by atoms with Crippen molar-refractivity contribution in [2.24, 2.45) is 0 Å². The first-order valence-corrected chi connectivity index (χ1v) is 7.93. The molecule has 0 aromatic carbocycles. The van der Waals surface area contributed by atoms with Crippen molar-refractivity contribution in [3.63, 3.8) is 0 Å². The van der Waals surface area contributed by atoms with E-state index in [2.05, 4.69) is 15.5 Å². The maximum absolute atomic E-state index is 11.6. The van der Waals surface area contributed by atoms with Crippen LogP contribution in [0.5, 0.6) is 0 Å². The van der Waals surface area contributed by atoms with Crippen LogP contribution in [0, 0.1) is 0 Å². The first kappa shape index (κ1) is 17.6. The predicted octanol–water partition coefficient (Wildman–Crippen LogP) is -0.348. The molecule has 0 radical (unpaired) electrons. The third-order valence-corrected chi connectivity index (χ3v) is 4.01. The summed E-state index contributed by atoms with van der Waals surface area (Å²) in [6.45, 7) is 3.14. The summed E-state index contributed by atoms with van der Waals surface area (Å²) >= 11 is 1.90. The number of hydrogen-bond donors (Lipinski definition) is 4. The molecule has 4 N–H and O–H groups in total. The van der Waals surface area contributed by atoms with Gasteiger partial charge in [0.05, 0.1) is 0 Å². The molecule has 120 valence electrons. The van der Waals surface area contributed by atoms with Crippen molar-refractivity contribution in [3.05, 3.63) is 0 Å². The molecule has 1 atom stereocenters. The van der Waals surface area contributed by atoms with Crippen molar-refractivity contribution >= 4 is 29.7 Å².